The average molecular weight is 455 g/mol. The molecule has 0 aliphatic carbocycles. The molecule has 0 saturated carbocycles. The third-order valence-electron chi connectivity index (χ3n) is 4.65. The second kappa shape index (κ2) is 8.67. The number of amides is 1. The Kier molecular flexibility index (Phi) is 5.78. The number of anilines is 1. The van der Waals surface area contributed by atoms with Gasteiger partial charge in [-0.15, -0.1) is 0 Å². The molecule has 10 heteroatoms. The number of ether oxygens (including phenoxy) is 2. The van der Waals surface area contributed by atoms with E-state index in [-0.39, 0.29) is 34.3 Å². The summed E-state index contributed by atoms with van der Waals surface area (Å²) >= 11 is 0. The van der Waals surface area contributed by atoms with Gasteiger partial charge in [-0.2, -0.15) is 0 Å². The van der Waals surface area contributed by atoms with Crippen LogP contribution in [0.1, 0.15) is 26.5 Å². The van der Waals surface area contributed by atoms with Gasteiger partial charge in [-0.05, 0) is 36.4 Å². The van der Waals surface area contributed by atoms with Crippen LogP contribution in [0, 0.1) is 0 Å². The average Bonchev–Trinajstić information content (AvgIpc) is 3.24. The van der Waals surface area contributed by atoms with Gasteiger partial charge in [0.05, 0.1) is 22.6 Å². The molecule has 1 N–H and O–H groups in total. The number of hydrogen-bond acceptors (Lipinski definition) is 8. The molecular weight excluding hydrogens is 438 g/mol. The monoisotopic (exact) mass is 455 g/mol. The molecule has 0 bridgehead atoms. The first-order valence-corrected chi connectivity index (χ1v) is 11.1. The summed E-state index contributed by atoms with van der Waals surface area (Å²) in [6, 6.07) is 13.6. The van der Waals surface area contributed by atoms with Gasteiger partial charge in [-0.1, -0.05) is 18.2 Å². The highest BCUT2D eigenvalue weighted by Gasteiger charge is 2.24. The smallest absolute Gasteiger partial charge is 0.374 e. The van der Waals surface area contributed by atoms with Crippen molar-refractivity contribution in [2.45, 2.75) is 10.6 Å². The van der Waals surface area contributed by atoms with E-state index in [4.69, 9.17) is 13.9 Å². The van der Waals surface area contributed by atoms with Gasteiger partial charge < -0.3 is 19.2 Å². The zero-order chi connectivity index (χ0) is 22.7. The van der Waals surface area contributed by atoms with E-state index in [0.717, 1.165) is 0 Å². The van der Waals surface area contributed by atoms with Gasteiger partial charge in [-0.25, -0.2) is 13.2 Å². The molecule has 2 aromatic carbocycles. The molecule has 1 aliphatic rings. The molecule has 1 aromatic heterocycles. The van der Waals surface area contributed by atoms with Crippen LogP contribution in [0.5, 0.6) is 5.75 Å². The third kappa shape index (κ3) is 4.54. The summed E-state index contributed by atoms with van der Waals surface area (Å²) in [7, 11) is -3.71. The van der Waals surface area contributed by atoms with E-state index in [1.54, 1.807) is 18.2 Å². The number of rotatable bonds is 7. The maximum absolute atomic E-state index is 12.6. The Morgan fingerprint density at radius 3 is 2.62 bits per heavy atom. The number of sulfone groups is 1. The zero-order valence-electron chi connectivity index (χ0n) is 16.6. The Morgan fingerprint density at radius 1 is 1.06 bits per heavy atom. The first-order valence-electron chi connectivity index (χ1n) is 9.45. The van der Waals surface area contributed by atoms with Crippen LogP contribution in [0.3, 0.4) is 0 Å². The highest BCUT2D eigenvalue weighted by molar-refractivity contribution is 7.90. The number of esters is 1. The van der Waals surface area contributed by atoms with Crippen molar-refractivity contribution in [2.75, 3.05) is 18.5 Å². The van der Waals surface area contributed by atoms with Crippen LogP contribution in [0.15, 0.2) is 70.2 Å². The van der Waals surface area contributed by atoms with E-state index in [0.29, 0.717) is 11.4 Å². The third-order valence-corrected chi connectivity index (χ3v) is 6.33. The Hall–Kier alpha value is -3.92. The molecule has 1 amide bonds. The summed E-state index contributed by atoms with van der Waals surface area (Å²) in [6.45, 7) is -0.707. The number of carbonyl (C=O) groups is 3. The Labute approximate surface area is 182 Å². The van der Waals surface area contributed by atoms with Crippen molar-refractivity contribution >= 4 is 33.2 Å². The predicted octanol–water partition coefficient (Wildman–Crippen LogP) is 2.62. The number of hydrogen-bond donors (Lipinski definition) is 1. The molecular formula is C22H17NO8S. The highest BCUT2D eigenvalue weighted by atomic mass is 32.2. The van der Waals surface area contributed by atoms with E-state index >= 15 is 0 Å². The molecule has 9 nitrogen and oxygen atoms in total. The quantitative estimate of drug-likeness (QED) is 0.425. The summed E-state index contributed by atoms with van der Waals surface area (Å²) < 4.78 is 40.5. The molecule has 0 fully saturated rings. The summed E-state index contributed by atoms with van der Waals surface area (Å²) in [5.74, 6) is -2.15. The van der Waals surface area contributed by atoms with Crippen LogP contribution in [0.4, 0.5) is 5.69 Å². The first-order chi connectivity index (χ1) is 15.3. The molecule has 164 valence electrons. The summed E-state index contributed by atoms with van der Waals surface area (Å²) in [6.07, 6.45) is 1.18. The molecule has 0 saturated heterocycles. The fourth-order valence-corrected chi connectivity index (χ4v) is 4.46. The van der Waals surface area contributed by atoms with Crippen molar-refractivity contribution in [2.24, 2.45) is 0 Å². The summed E-state index contributed by atoms with van der Waals surface area (Å²) in [5, 5.41) is 2.59. The van der Waals surface area contributed by atoms with E-state index in [1.165, 1.54) is 42.7 Å². The van der Waals surface area contributed by atoms with Crippen LogP contribution >= 0.6 is 0 Å². The Bertz CT molecular complexity index is 1290. The predicted molar refractivity (Wildman–Crippen MR) is 111 cm³/mol. The lowest BCUT2D eigenvalue weighted by Crippen LogP contribution is -2.25. The topological polar surface area (TPSA) is 129 Å². The maximum atomic E-state index is 12.6. The van der Waals surface area contributed by atoms with Gasteiger partial charge in [-0.3, -0.25) is 9.59 Å². The summed E-state index contributed by atoms with van der Waals surface area (Å²) in [5.41, 5.74) is 0.673. The van der Waals surface area contributed by atoms with E-state index in [1.807, 2.05) is 0 Å². The summed E-state index contributed by atoms with van der Waals surface area (Å²) in [4.78, 5) is 36.4. The van der Waals surface area contributed by atoms with E-state index < -0.39 is 33.9 Å². The molecule has 32 heavy (non-hydrogen) atoms. The minimum Gasteiger partial charge on any atom is -0.482 e. The molecule has 0 radical (unpaired) electrons. The highest BCUT2D eigenvalue weighted by Crippen LogP contribution is 2.28. The number of benzene rings is 2. The van der Waals surface area contributed by atoms with Crippen LogP contribution in [0.25, 0.3) is 0 Å². The molecule has 3 aromatic rings. The number of nitrogens with one attached hydrogen (secondary N) is 1. The van der Waals surface area contributed by atoms with Crippen LogP contribution in [0.2, 0.25) is 0 Å². The lowest BCUT2D eigenvalue weighted by atomic mass is 10.1. The molecule has 2 heterocycles. The molecule has 0 unspecified atom stereocenters. The lowest BCUT2D eigenvalue weighted by Gasteiger charge is -2.18. The fourth-order valence-electron chi connectivity index (χ4n) is 3.08. The van der Waals surface area contributed by atoms with Crippen molar-refractivity contribution in [1.82, 2.24) is 0 Å². The number of carbonyl (C=O) groups excluding carboxylic acids is 3. The minimum atomic E-state index is -3.71. The van der Waals surface area contributed by atoms with E-state index in [2.05, 4.69) is 5.32 Å². The normalized spacial score (nSPS) is 12.9. The lowest BCUT2D eigenvalue weighted by molar-refractivity contribution is -0.118. The standard InChI is InChI=1S/C22H17NO8S/c24-18(14-6-7-19-17(10-14)23-20(25)12-30-19)11-31-22(26)21-15(8-9-29-21)13-32(27,28)16-4-2-1-3-5-16/h1-10H,11-13H2,(H,23,25). The second-order valence-electron chi connectivity index (χ2n) is 6.89. The van der Waals surface area contributed by atoms with Gasteiger partial charge in [0, 0.05) is 11.1 Å². The fraction of sp³-hybridized carbons (Fsp3) is 0.136. The number of fused-ring (bicyclic) bond motifs is 1. The van der Waals surface area contributed by atoms with Crippen molar-refractivity contribution in [3.63, 3.8) is 0 Å². The number of furan rings is 1. The Morgan fingerprint density at radius 2 is 1.84 bits per heavy atom. The largest absolute Gasteiger partial charge is 0.482 e. The van der Waals surface area contributed by atoms with Gasteiger partial charge >= 0.3 is 5.97 Å². The van der Waals surface area contributed by atoms with E-state index in [9.17, 15) is 22.8 Å². The van der Waals surface area contributed by atoms with Crippen LogP contribution in [-0.2, 0) is 25.1 Å². The first kappa shape index (κ1) is 21.3. The molecule has 0 atom stereocenters. The van der Waals surface area contributed by atoms with Crippen molar-refractivity contribution in [3.05, 3.63) is 77.7 Å². The maximum Gasteiger partial charge on any atom is 0.374 e. The van der Waals surface area contributed by atoms with Crippen molar-refractivity contribution < 1.29 is 36.7 Å². The van der Waals surface area contributed by atoms with Gasteiger partial charge in [0.1, 0.15) is 5.75 Å². The molecule has 0 spiro atoms. The molecule has 1 aliphatic heterocycles. The van der Waals surface area contributed by atoms with Gasteiger partial charge in [0.15, 0.2) is 28.8 Å². The van der Waals surface area contributed by atoms with Crippen LogP contribution in [-0.4, -0.2) is 39.3 Å². The molecule has 4 rings (SSSR count). The second-order valence-corrected chi connectivity index (χ2v) is 8.88. The van der Waals surface area contributed by atoms with Crippen molar-refractivity contribution in [1.29, 1.82) is 0 Å². The van der Waals surface area contributed by atoms with Crippen LogP contribution < -0.4 is 10.1 Å². The van der Waals surface area contributed by atoms with Crippen molar-refractivity contribution in [3.8, 4) is 5.75 Å². The zero-order valence-corrected chi connectivity index (χ0v) is 17.4. The number of Topliss-reactive ketones (excluding diaryl/α,β-unsaturated/α-hetero) is 1. The SMILES string of the molecule is O=C1COc2ccc(C(=O)COC(=O)c3occc3CS(=O)(=O)c3ccccc3)cc2N1. The van der Waals surface area contributed by atoms with Gasteiger partial charge in [0.2, 0.25) is 5.76 Å². The Balaban J connectivity index is 1.42. The number of ketones is 1. The minimum absolute atomic E-state index is 0.108. The van der Waals surface area contributed by atoms with Gasteiger partial charge in [0.25, 0.3) is 5.91 Å².